The largest absolute Gasteiger partial charge is 0.481 e. The van der Waals surface area contributed by atoms with Crippen molar-refractivity contribution in [3.8, 4) is 6.07 Å². The highest BCUT2D eigenvalue weighted by molar-refractivity contribution is 5.70. The fourth-order valence-electron chi connectivity index (χ4n) is 1.50. The van der Waals surface area contributed by atoms with E-state index in [2.05, 4.69) is 10.3 Å². The molecule has 5 nitrogen and oxygen atoms in total. The van der Waals surface area contributed by atoms with Gasteiger partial charge in [0, 0.05) is 18.4 Å². The number of carbonyl (C=O) groups is 1. The second kappa shape index (κ2) is 6.48. The lowest BCUT2D eigenvalue weighted by Gasteiger charge is -2.13. The number of pyridine rings is 1. The third-order valence-corrected chi connectivity index (χ3v) is 2.41. The van der Waals surface area contributed by atoms with Crippen LogP contribution in [0.4, 0.5) is 5.69 Å². The predicted octanol–water partition coefficient (Wildman–Crippen LogP) is 1.87. The fraction of sp³-hybridized carbons (Fsp3) is 0.417. The number of nitriles is 1. The topological polar surface area (TPSA) is 86.0 Å². The van der Waals surface area contributed by atoms with Gasteiger partial charge in [0.2, 0.25) is 0 Å². The van der Waals surface area contributed by atoms with Crippen LogP contribution in [0.1, 0.15) is 25.5 Å². The van der Waals surface area contributed by atoms with E-state index in [4.69, 9.17) is 10.4 Å². The van der Waals surface area contributed by atoms with Crippen molar-refractivity contribution >= 4 is 11.7 Å². The van der Waals surface area contributed by atoms with Crippen molar-refractivity contribution in [3.05, 3.63) is 24.0 Å². The second-order valence-electron chi connectivity index (χ2n) is 3.75. The summed E-state index contributed by atoms with van der Waals surface area (Å²) in [6.45, 7) is 2.31. The van der Waals surface area contributed by atoms with Crippen molar-refractivity contribution < 1.29 is 9.90 Å². The van der Waals surface area contributed by atoms with E-state index in [1.807, 2.05) is 13.0 Å². The molecule has 1 rings (SSSR count). The number of nitrogens with zero attached hydrogens (tertiary/aromatic N) is 2. The zero-order chi connectivity index (χ0) is 12.7. The summed E-state index contributed by atoms with van der Waals surface area (Å²) in [6, 6.07) is 5.25. The molecule has 1 aromatic heterocycles. The van der Waals surface area contributed by atoms with Gasteiger partial charge in [0.15, 0.2) is 0 Å². The molecule has 0 aromatic carbocycles. The number of anilines is 1. The molecule has 0 radical (unpaired) electrons. The van der Waals surface area contributed by atoms with E-state index in [9.17, 15) is 4.79 Å². The van der Waals surface area contributed by atoms with E-state index in [1.54, 1.807) is 12.1 Å². The standard InChI is InChI=1S/C12H15N3O2/c1-2-3-9(12(16)17)8-15-10-4-5-14-11(6-10)7-13/h4-6,9H,2-3,8H2,1H3,(H,14,15)(H,16,17). The quantitative estimate of drug-likeness (QED) is 0.783. The smallest absolute Gasteiger partial charge is 0.308 e. The Kier molecular flexibility index (Phi) is 4.95. The number of aromatic nitrogens is 1. The lowest BCUT2D eigenvalue weighted by Crippen LogP contribution is -2.22. The van der Waals surface area contributed by atoms with Gasteiger partial charge < -0.3 is 10.4 Å². The van der Waals surface area contributed by atoms with Gasteiger partial charge in [-0.05, 0) is 18.6 Å². The third kappa shape index (κ3) is 4.11. The van der Waals surface area contributed by atoms with Crippen molar-refractivity contribution in [1.29, 1.82) is 5.26 Å². The molecule has 0 bridgehead atoms. The van der Waals surface area contributed by atoms with Crippen LogP contribution in [-0.2, 0) is 4.79 Å². The molecule has 0 fully saturated rings. The van der Waals surface area contributed by atoms with Gasteiger partial charge in [-0.1, -0.05) is 13.3 Å². The Morgan fingerprint density at radius 1 is 1.71 bits per heavy atom. The zero-order valence-corrected chi connectivity index (χ0v) is 9.68. The fourth-order valence-corrected chi connectivity index (χ4v) is 1.50. The molecule has 90 valence electrons. The van der Waals surface area contributed by atoms with Gasteiger partial charge in [0.05, 0.1) is 5.92 Å². The number of carboxylic acid groups (broad SMARTS) is 1. The first kappa shape index (κ1) is 13.0. The summed E-state index contributed by atoms with van der Waals surface area (Å²) in [4.78, 5) is 14.8. The van der Waals surface area contributed by atoms with Crippen LogP contribution in [0.5, 0.6) is 0 Å². The van der Waals surface area contributed by atoms with Crippen LogP contribution in [0.25, 0.3) is 0 Å². The number of hydrogen-bond acceptors (Lipinski definition) is 4. The molecule has 2 N–H and O–H groups in total. The summed E-state index contributed by atoms with van der Waals surface area (Å²) in [6.07, 6.45) is 2.99. The summed E-state index contributed by atoms with van der Waals surface area (Å²) >= 11 is 0. The molecule has 0 saturated heterocycles. The highest BCUT2D eigenvalue weighted by Gasteiger charge is 2.15. The maximum Gasteiger partial charge on any atom is 0.308 e. The Hall–Kier alpha value is -2.09. The Morgan fingerprint density at radius 2 is 2.47 bits per heavy atom. The maximum atomic E-state index is 10.9. The van der Waals surface area contributed by atoms with Crippen LogP contribution in [0.3, 0.4) is 0 Å². The summed E-state index contributed by atoms with van der Waals surface area (Å²) in [7, 11) is 0. The van der Waals surface area contributed by atoms with Gasteiger partial charge >= 0.3 is 5.97 Å². The maximum absolute atomic E-state index is 10.9. The van der Waals surface area contributed by atoms with E-state index in [0.717, 1.165) is 12.1 Å². The minimum atomic E-state index is -0.797. The lowest BCUT2D eigenvalue weighted by molar-refractivity contribution is -0.141. The zero-order valence-electron chi connectivity index (χ0n) is 9.68. The first-order valence-electron chi connectivity index (χ1n) is 5.50. The van der Waals surface area contributed by atoms with Crippen molar-refractivity contribution in [1.82, 2.24) is 4.98 Å². The molecule has 1 atom stereocenters. The molecule has 0 amide bonds. The predicted molar refractivity (Wildman–Crippen MR) is 63.5 cm³/mol. The molecule has 5 heteroatoms. The van der Waals surface area contributed by atoms with Crippen molar-refractivity contribution in [2.45, 2.75) is 19.8 Å². The third-order valence-electron chi connectivity index (χ3n) is 2.41. The van der Waals surface area contributed by atoms with E-state index in [0.29, 0.717) is 18.7 Å². The highest BCUT2D eigenvalue weighted by Crippen LogP contribution is 2.11. The van der Waals surface area contributed by atoms with E-state index in [-0.39, 0.29) is 0 Å². The van der Waals surface area contributed by atoms with Crippen LogP contribution in [-0.4, -0.2) is 22.6 Å². The van der Waals surface area contributed by atoms with Gasteiger partial charge in [0.1, 0.15) is 11.8 Å². The molecule has 0 aliphatic heterocycles. The van der Waals surface area contributed by atoms with Crippen LogP contribution in [0, 0.1) is 17.2 Å². The van der Waals surface area contributed by atoms with Crippen LogP contribution >= 0.6 is 0 Å². The van der Waals surface area contributed by atoms with Gasteiger partial charge in [-0.15, -0.1) is 0 Å². The first-order chi connectivity index (χ1) is 8.17. The summed E-state index contributed by atoms with van der Waals surface area (Å²) in [5.74, 6) is -1.20. The Morgan fingerprint density at radius 3 is 3.06 bits per heavy atom. The number of hydrogen-bond donors (Lipinski definition) is 2. The monoisotopic (exact) mass is 233 g/mol. The van der Waals surface area contributed by atoms with E-state index >= 15 is 0 Å². The van der Waals surface area contributed by atoms with Gasteiger partial charge in [-0.2, -0.15) is 5.26 Å². The normalized spacial score (nSPS) is 11.5. The number of nitrogens with one attached hydrogen (secondary N) is 1. The van der Waals surface area contributed by atoms with Crippen LogP contribution in [0.15, 0.2) is 18.3 Å². The number of rotatable bonds is 6. The number of carboxylic acids is 1. The van der Waals surface area contributed by atoms with Gasteiger partial charge in [-0.3, -0.25) is 4.79 Å². The second-order valence-corrected chi connectivity index (χ2v) is 3.75. The minimum Gasteiger partial charge on any atom is -0.481 e. The number of aliphatic carboxylic acids is 1. The highest BCUT2D eigenvalue weighted by atomic mass is 16.4. The Balaban J connectivity index is 2.59. The summed E-state index contributed by atoms with van der Waals surface area (Å²) < 4.78 is 0. The van der Waals surface area contributed by atoms with E-state index in [1.165, 1.54) is 6.20 Å². The van der Waals surface area contributed by atoms with Crippen molar-refractivity contribution in [3.63, 3.8) is 0 Å². The molecule has 0 saturated carbocycles. The Labute approximate surface area is 100 Å². The van der Waals surface area contributed by atoms with E-state index < -0.39 is 11.9 Å². The van der Waals surface area contributed by atoms with Crippen LogP contribution in [0.2, 0.25) is 0 Å². The van der Waals surface area contributed by atoms with Crippen molar-refractivity contribution in [2.75, 3.05) is 11.9 Å². The molecular weight excluding hydrogens is 218 g/mol. The first-order valence-corrected chi connectivity index (χ1v) is 5.50. The lowest BCUT2D eigenvalue weighted by atomic mass is 10.0. The Bertz CT molecular complexity index is 426. The van der Waals surface area contributed by atoms with Crippen molar-refractivity contribution in [2.24, 2.45) is 5.92 Å². The molecule has 0 aliphatic carbocycles. The summed E-state index contributed by atoms with van der Waals surface area (Å²) in [5.41, 5.74) is 1.04. The van der Waals surface area contributed by atoms with Crippen LogP contribution < -0.4 is 5.32 Å². The molecule has 17 heavy (non-hydrogen) atoms. The van der Waals surface area contributed by atoms with Gasteiger partial charge in [0.25, 0.3) is 0 Å². The molecular formula is C12H15N3O2. The molecule has 1 heterocycles. The average Bonchev–Trinajstić information content (AvgIpc) is 2.34. The molecule has 0 spiro atoms. The minimum absolute atomic E-state index is 0.317. The molecule has 0 aliphatic rings. The van der Waals surface area contributed by atoms with Gasteiger partial charge in [-0.25, -0.2) is 4.98 Å². The molecule has 1 aromatic rings. The average molecular weight is 233 g/mol. The molecule has 1 unspecified atom stereocenters. The summed E-state index contributed by atoms with van der Waals surface area (Å²) in [5, 5.41) is 20.7. The SMILES string of the molecule is CCCC(CNc1ccnc(C#N)c1)C(=O)O.